The Bertz CT molecular complexity index is 972. The van der Waals surface area contributed by atoms with Gasteiger partial charge in [0.1, 0.15) is 5.54 Å². The van der Waals surface area contributed by atoms with Crippen molar-refractivity contribution in [3.63, 3.8) is 0 Å². The second kappa shape index (κ2) is 7.59. The number of imide groups is 1. The Hall–Kier alpha value is -3.15. The summed E-state index contributed by atoms with van der Waals surface area (Å²) in [7, 11) is 3.39. The maximum absolute atomic E-state index is 13.2. The first-order chi connectivity index (χ1) is 13.9. The zero-order chi connectivity index (χ0) is 22.3. The van der Waals surface area contributed by atoms with Crippen LogP contribution in [0.4, 0.5) is 4.79 Å². The van der Waals surface area contributed by atoms with E-state index in [1.54, 1.807) is 45.3 Å². The zero-order valence-electron chi connectivity index (χ0n) is 18.4. The predicted octanol–water partition coefficient (Wildman–Crippen LogP) is 3.65. The third kappa shape index (κ3) is 3.95. The number of nitrogens with one attached hydrogen (secondary N) is 1. The summed E-state index contributed by atoms with van der Waals surface area (Å²) < 4.78 is 0. The molecule has 6 nitrogen and oxygen atoms in total. The maximum atomic E-state index is 13.2. The summed E-state index contributed by atoms with van der Waals surface area (Å²) in [5.41, 5.74) is 2.16. The second-order valence-electron chi connectivity index (χ2n) is 9.17. The molecule has 0 aromatic heterocycles. The molecule has 1 N–H and O–H groups in total. The van der Waals surface area contributed by atoms with Gasteiger partial charge in [0.05, 0.1) is 6.54 Å². The van der Waals surface area contributed by atoms with E-state index in [1.165, 1.54) is 9.80 Å². The number of hydrogen-bond acceptors (Lipinski definition) is 3. The van der Waals surface area contributed by atoms with Crippen LogP contribution in [0.3, 0.4) is 0 Å². The minimum absolute atomic E-state index is 0.00846. The van der Waals surface area contributed by atoms with Gasteiger partial charge >= 0.3 is 6.03 Å². The van der Waals surface area contributed by atoms with Crippen molar-refractivity contribution in [2.24, 2.45) is 0 Å². The van der Waals surface area contributed by atoms with Gasteiger partial charge in [0.15, 0.2) is 0 Å². The number of nitrogens with zero attached hydrogens (tertiary/aromatic N) is 2. The summed E-state index contributed by atoms with van der Waals surface area (Å²) in [6.45, 7) is 8.27. The number of amides is 4. The fourth-order valence-electron chi connectivity index (χ4n) is 3.53. The third-order valence-electron chi connectivity index (χ3n) is 5.55. The molecule has 1 aliphatic rings. The molecular formula is C24H29N3O3. The molecular weight excluding hydrogens is 378 g/mol. The molecule has 0 radical (unpaired) electrons. The lowest BCUT2D eigenvalue weighted by molar-refractivity contribution is -0.131. The van der Waals surface area contributed by atoms with E-state index in [1.807, 2.05) is 24.3 Å². The van der Waals surface area contributed by atoms with Crippen molar-refractivity contribution >= 4 is 17.8 Å². The largest absolute Gasteiger partial charge is 0.345 e. The number of benzene rings is 2. The van der Waals surface area contributed by atoms with Crippen LogP contribution in [0.1, 0.15) is 54.7 Å². The first-order valence-corrected chi connectivity index (χ1v) is 9.99. The molecule has 2 aromatic rings. The molecule has 1 aliphatic heterocycles. The second-order valence-corrected chi connectivity index (χ2v) is 9.17. The van der Waals surface area contributed by atoms with E-state index in [2.05, 4.69) is 26.1 Å². The topological polar surface area (TPSA) is 69.7 Å². The van der Waals surface area contributed by atoms with Crippen LogP contribution >= 0.6 is 0 Å². The van der Waals surface area contributed by atoms with Crippen LogP contribution < -0.4 is 5.32 Å². The van der Waals surface area contributed by atoms with Crippen LogP contribution in [0.5, 0.6) is 0 Å². The molecule has 3 rings (SSSR count). The molecule has 0 aliphatic carbocycles. The summed E-state index contributed by atoms with van der Waals surface area (Å²) >= 11 is 0. The summed E-state index contributed by atoms with van der Waals surface area (Å²) in [6.07, 6.45) is 0. The van der Waals surface area contributed by atoms with Gasteiger partial charge in [-0.05, 0) is 41.2 Å². The Balaban J connectivity index is 1.80. The molecule has 4 amide bonds. The maximum Gasteiger partial charge on any atom is 0.325 e. The van der Waals surface area contributed by atoms with Gasteiger partial charge in [0.2, 0.25) is 0 Å². The lowest BCUT2D eigenvalue weighted by Crippen LogP contribution is -2.40. The van der Waals surface area contributed by atoms with Crippen LogP contribution in [0.25, 0.3) is 0 Å². The minimum atomic E-state index is -1.10. The average Bonchev–Trinajstić information content (AvgIpc) is 2.91. The quantitative estimate of drug-likeness (QED) is 0.787. The van der Waals surface area contributed by atoms with Gasteiger partial charge in [-0.15, -0.1) is 0 Å². The van der Waals surface area contributed by atoms with E-state index in [-0.39, 0.29) is 23.8 Å². The Morgan fingerprint density at radius 1 is 1.00 bits per heavy atom. The Morgan fingerprint density at radius 2 is 1.57 bits per heavy atom. The smallest absolute Gasteiger partial charge is 0.325 e. The van der Waals surface area contributed by atoms with Crippen molar-refractivity contribution in [3.8, 4) is 0 Å². The van der Waals surface area contributed by atoms with E-state index in [0.29, 0.717) is 5.56 Å². The Morgan fingerprint density at radius 3 is 2.07 bits per heavy atom. The lowest BCUT2D eigenvalue weighted by atomic mass is 9.84. The summed E-state index contributed by atoms with van der Waals surface area (Å²) in [4.78, 5) is 40.5. The molecule has 158 valence electrons. The van der Waals surface area contributed by atoms with Gasteiger partial charge in [-0.25, -0.2) is 4.79 Å². The van der Waals surface area contributed by atoms with Gasteiger partial charge < -0.3 is 10.2 Å². The van der Waals surface area contributed by atoms with E-state index in [0.717, 1.165) is 16.7 Å². The molecule has 1 saturated heterocycles. The molecule has 1 fully saturated rings. The first-order valence-electron chi connectivity index (χ1n) is 9.99. The third-order valence-corrected chi connectivity index (χ3v) is 5.55. The van der Waals surface area contributed by atoms with Gasteiger partial charge in [-0.2, -0.15) is 0 Å². The van der Waals surface area contributed by atoms with Crippen molar-refractivity contribution in [1.82, 2.24) is 15.1 Å². The number of carbonyl (C=O) groups is 3. The molecule has 2 aromatic carbocycles. The van der Waals surface area contributed by atoms with E-state index in [9.17, 15) is 14.4 Å². The van der Waals surface area contributed by atoms with Gasteiger partial charge in [0.25, 0.3) is 11.8 Å². The van der Waals surface area contributed by atoms with Crippen LogP contribution in [0, 0.1) is 0 Å². The highest BCUT2D eigenvalue weighted by atomic mass is 16.2. The van der Waals surface area contributed by atoms with Crippen molar-refractivity contribution in [2.75, 3.05) is 14.1 Å². The summed E-state index contributed by atoms with van der Waals surface area (Å²) in [5.74, 6) is -0.382. The Labute approximate surface area is 177 Å². The molecule has 1 unspecified atom stereocenters. The highest BCUT2D eigenvalue weighted by molar-refractivity contribution is 6.07. The number of rotatable bonds is 4. The molecule has 0 spiro atoms. The SMILES string of the molecule is CN(C)C(=O)c1ccc(CN2C(=O)NC(C)(c3ccc(C(C)(C)C)cc3)C2=O)cc1. The van der Waals surface area contributed by atoms with Crippen molar-refractivity contribution in [3.05, 3.63) is 70.8 Å². The van der Waals surface area contributed by atoms with Crippen LogP contribution in [0.15, 0.2) is 48.5 Å². The predicted molar refractivity (Wildman–Crippen MR) is 116 cm³/mol. The van der Waals surface area contributed by atoms with Crippen molar-refractivity contribution in [1.29, 1.82) is 0 Å². The van der Waals surface area contributed by atoms with Crippen LogP contribution in [-0.2, 0) is 22.3 Å². The monoisotopic (exact) mass is 407 g/mol. The first kappa shape index (κ1) is 21.6. The normalized spacial score (nSPS) is 19.1. The summed E-state index contributed by atoms with van der Waals surface area (Å²) in [6, 6.07) is 14.4. The van der Waals surface area contributed by atoms with E-state index in [4.69, 9.17) is 0 Å². The number of hydrogen-bond donors (Lipinski definition) is 1. The van der Waals surface area contributed by atoms with E-state index >= 15 is 0 Å². The Kier molecular flexibility index (Phi) is 5.46. The van der Waals surface area contributed by atoms with Gasteiger partial charge in [-0.3, -0.25) is 14.5 Å². The highest BCUT2D eigenvalue weighted by Gasteiger charge is 2.48. The fraction of sp³-hybridized carbons (Fsp3) is 0.375. The average molecular weight is 408 g/mol. The van der Waals surface area contributed by atoms with Crippen molar-refractivity contribution < 1.29 is 14.4 Å². The molecule has 6 heteroatoms. The highest BCUT2D eigenvalue weighted by Crippen LogP contribution is 2.31. The van der Waals surface area contributed by atoms with E-state index < -0.39 is 11.6 Å². The number of urea groups is 1. The zero-order valence-corrected chi connectivity index (χ0v) is 18.4. The minimum Gasteiger partial charge on any atom is -0.345 e. The molecule has 0 bridgehead atoms. The fourth-order valence-corrected chi connectivity index (χ4v) is 3.53. The van der Waals surface area contributed by atoms with Gasteiger partial charge in [-0.1, -0.05) is 57.2 Å². The molecule has 30 heavy (non-hydrogen) atoms. The van der Waals surface area contributed by atoms with Crippen LogP contribution in [0.2, 0.25) is 0 Å². The van der Waals surface area contributed by atoms with Gasteiger partial charge in [0, 0.05) is 19.7 Å². The molecule has 0 saturated carbocycles. The standard InChI is InChI=1S/C24H29N3O3/c1-23(2,3)18-11-13-19(14-12-18)24(4)21(29)27(22(30)25-24)15-16-7-9-17(10-8-16)20(28)26(5)6/h7-14H,15H2,1-6H3,(H,25,30). The number of carbonyl (C=O) groups excluding carboxylic acids is 3. The lowest BCUT2D eigenvalue weighted by Gasteiger charge is -2.24. The molecule has 1 atom stereocenters. The molecule has 1 heterocycles. The van der Waals surface area contributed by atoms with Crippen LogP contribution in [-0.4, -0.2) is 41.7 Å². The summed E-state index contributed by atoms with van der Waals surface area (Å²) in [5, 5.41) is 2.85. The van der Waals surface area contributed by atoms with Crippen molar-refractivity contribution in [2.45, 2.75) is 45.2 Å².